The van der Waals surface area contributed by atoms with Crippen LogP contribution >= 0.6 is 0 Å². The fraction of sp³-hybridized carbons (Fsp3) is 0.333. The summed E-state index contributed by atoms with van der Waals surface area (Å²) in [5, 5.41) is 0. The first-order valence-corrected chi connectivity index (χ1v) is 5.59. The molecular formula is C12H14N2O6. The van der Waals surface area contributed by atoms with Gasteiger partial charge in [0.05, 0.1) is 7.11 Å². The molecule has 1 atom stereocenters. The third-order valence-electron chi connectivity index (χ3n) is 2.09. The van der Waals surface area contributed by atoms with Crippen molar-refractivity contribution in [2.75, 3.05) is 7.11 Å². The maximum absolute atomic E-state index is 11.8. The van der Waals surface area contributed by atoms with Gasteiger partial charge in [-0.15, -0.1) is 0 Å². The molecule has 20 heavy (non-hydrogen) atoms. The maximum atomic E-state index is 11.8. The van der Waals surface area contributed by atoms with Gasteiger partial charge in [-0.2, -0.15) is 0 Å². The van der Waals surface area contributed by atoms with E-state index in [1.165, 1.54) is 26.3 Å². The van der Waals surface area contributed by atoms with Crippen molar-refractivity contribution in [3.8, 4) is 11.5 Å². The second kappa shape index (κ2) is 6.62. The number of pyridine rings is 1. The number of ether oxygens (including phenoxy) is 3. The van der Waals surface area contributed by atoms with E-state index in [4.69, 9.17) is 15.2 Å². The van der Waals surface area contributed by atoms with Gasteiger partial charge in [-0.05, 0) is 6.92 Å². The monoisotopic (exact) mass is 282 g/mol. The van der Waals surface area contributed by atoms with Crippen LogP contribution in [0.25, 0.3) is 0 Å². The summed E-state index contributed by atoms with van der Waals surface area (Å²) in [4.78, 5) is 37.9. The topological polar surface area (TPSA) is 118 Å². The number of rotatable bonds is 4. The van der Waals surface area contributed by atoms with Crippen molar-refractivity contribution in [1.29, 1.82) is 0 Å². The molecule has 0 aliphatic rings. The lowest BCUT2D eigenvalue weighted by Gasteiger charge is -2.11. The number of nitrogens with two attached hydrogens (primary N) is 1. The van der Waals surface area contributed by atoms with Crippen LogP contribution in [0.4, 0.5) is 0 Å². The fourth-order valence-corrected chi connectivity index (χ4v) is 1.21. The number of carbonyl (C=O) groups is 3. The number of methoxy groups -OCH3 is 1. The van der Waals surface area contributed by atoms with Crippen LogP contribution in [0.5, 0.6) is 11.5 Å². The van der Waals surface area contributed by atoms with Gasteiger partial charge in [-0.25, -0.2) is 14.6 Å². The van der Waals surface area contributed by atoms with Crippen molar-refractivity contribution < 1.29 is 28.6 Å². The van der Waals surface area contributed by atoms with E-state index in [0.29, 0.717) is 0 Å². The largest absolute Gasteiger partial charge is 0.493 e. The molecule has 1 aromatic heterocycles. The van der Waals surface area contributed by atoms with Gasteiger partial charge in [-0.1, -0.05) is 0 Å². The van der Waals surface area contributed by atoms with Gasteiger partial charge >= 0.3 is 17.9 Å². The van der Waals surface area contributed by atoms with Crippen molar-refractivity contribution >= 4 is 17.9 Å². The SMILES string of the molecule is COc1ccnc(C(=O)OC(=O)[C@H](C)N)c1OC(C)=O. The first kappa shape index (κ1) is 15.6. The van der Waals surface area contributed by atoms with E-state index in [2.05, 4.69) is 9.72 Å². The lowest BCUT2D eigenvalue weighted by Crippen LogP contribution is -2.31. The average Bonchev–Trinajstić information content (AvgIpc) is 2.37. The van der Waals surface area contributed by atoms with Gasteiger partial charge in [0.15, 0.2) is 11.4 Å². The number of aromatic nitrogens is 1. The Morgan fingerprint density at radius 3 is 2.50 bits per heavy atom. The highest BCUT2D eigenvalue weighted by Gasteiger charge is 2.25. The number of nitrogens with zero attached hydrogens (tertiary/aromatic N) is 1. The highest BCUT2D eigenvalue weighted by Crippen LogP contribution is 2.30. The summed E-state index contributed by atoms with van der Waals surface area (Å²) in [6, 6.07) is 0.421. The summed E-state index contributed by atoms with van der Waals surface area (Å²) in [5.74, 6) is -2.79. The molecular weight excluding hydrogens is 268 g/mol. The van der Waals surface area contributed by atoms with Gasteiger partial charge in [0, 0.05) is 19.2 Å². The molecule has 0 saturated heterocycles. The van der Waals surface area contributed by atoms with Crippen molar-refractivity contribution in [3.05, 3.63) is 18.0 Å². The highest BCUT2D eigenvalue weighted by molar-refractivity contribution is 5.99. The fourth-order valence-electron chi connectivity index (χ4n) is 1.21. The zero-order valence-corrected chi connectivity index (χ0v) is 11.2. The predicted molar refractivity (Wildman–Crippen MR) is 66.2 cm³/mol. The first-order chi connectivity index (χ1) is 9.36. The molecule has 0 fully saturated rings. The van der Waals surface area contributed by atoms with Crippen LogP contribution in [0.2, 0.25) is 0 Å². The second-order valence-electron chi connectivity index (χ2n) is 3.78. The lowest BCUT2D eigenvalue weighted by atomic mass is 10.3. The van der Waals surface area contributed by atoms with Crippen LogP contribution in [0, 0.1) is 0 Å². The van der Waals surface area contributed by atoms with Gasteiger partial charge in [-0.3, -0.25) is 4.79 Å². The van der Waals surface area contributed by atoms with Gasteiger partial charge < -0.3 is 19.9 Å². The molecule has 0 aromatic carbocycles. The number of esters is 3. The summed E-state index contributed by atoms with van der Waals surface area (Å²) in [6.45, 7) is 2.51. The summed E-state index contributed by atoms with van der Waals surface area (Å²) < 4.78 is 14.3. The van der Waals surface area contributed by atoms with E-state index in [-0.39, 0.29) is 17.2 Å². The Balaban J connectivity index is 3.13. The molecule has 108 valence electrons. The summed E-state index contributed by atoms with van der Waals surface area (Å²) in [5.41, 5.74) is 4.93. The van der Waals surface area contributed by atoms with Crippen LogP contribution < -0.4 is 15.2 Å². The molecule has 0 aliphatic carbocycles. The second-order valence-corrected chi connectivity index (χ2v) is 3.78. The normalized spacial score (nSPS) is 11.4. The van der Waals surface area contributed by atoms with Crippen molar-refractivity contribution in [2.45, 2.75) is 19.9 Å². The van der Waals surface area contributed by atoms with E-state index in [9.17, 15) is 14.4 Å². The standard InChI is InChI=1S/C12H14N2O6/c1-6(13)11(16)20-12(17)9-10(19-7(2)15)8(18-3)4-5-14-9/h4-6H,13H2,1-3H3/t6-/m0/s1. The third-order valence-corrected chi connectivity index (χ3v) is 2.09. The Morgan fingerprint density at radius 1 is 1.35 bits per heavy atom. The highest BCUT2D eigenvalue weighted by atomic mass is 16.6. The van der Waals surface area contributed by atoms with Crippen molar-refractivity contribution in [2.24, 2.45) is 5.73 Å². The van der Waals surface area contributed by atoms with E-state index in [1.54, 1.807) is 0 Å². The van der Waals surface area contributed by atoms with E-state index in [0.717, 1.165) is 6.92 Å². The number of hydrogen-bond acceptors (Lipinski definition) is 8. The molecule has 0 bridgehead atoms. The van der Waals surface area contributed by atoms with Crippen LogP contribution in [0.3, 0.4) is 0 Å². The summed E-state index contributed by atoms with van der Waals surface area (Å²) in [7, 11) is 1.32. The minimum Gasteiger partial charge on any atom is -0.493 e. The molecule has 2 N–H and O–H groups in total. The zero-order valence-electron chi connectivity index (χ0n) is 11.2. The van der Waals surface area contributed by atoms with Crippen LogP contribution in [-0.2, 0) is 14.3 Å². The molecule has 0 amide bonds. The molecule has 0 saturated carbocycles. The molecule has 8 nitrogen and oxygen atoms in total. The molecule has 8 heteroatoms. The minimum atomic E-state index is -1.08. The molecule has 1 rings (SSSR count). The summed E-state index contributed by atoms with van der Waals surface area (Å²) >= 11 is 0. The number of hydrogen-bond donors (Lipinski definition) is 1. The molecule has 0 aliphatic heterocycles. The van der Waals surface area contributed by atoms with Gasteiger partial charge in [0.1, 0.15) is 6.04 Å². The third kappa shape index (κ3) is 3.75. The van der Waals surface area contributed by atoms with Crippen molar-refractivity contribution in [3.63, 3.8) is 0 Å². The Bertz CT molecular complexity index is 541. The molecule has 1 aromatic rings. The van der Waals surface area contributed by atoms with Crippen LogP contribution in [0.1, 0.15) is 24.3 Å². The Hall–Kier alpha value is -2.48. The molecule has 0 spiro atoms. The van der Waals surface area contributed by atoms with Gasteiger partial charge in [0.2, 0.25) is 5.75 Å². The molecule has 0 radical (unpaired) electrons. The predicted octanol–water partition coefficient (Wildman–Crippen LogP) is 0.0461. The summed E-state index contributed by atoms with van der Waals surface area (Å²) in [6.07, 6.45) is 1.25. The van der Waals surface area contributed by atoms with E-state index >= 15 is 0 Å². The number of carbonyl (C=O) groups excluding carboxylic acids is 3. The average molecular weight is 282 g/mol. The van der Waals surface area contributed by atoms with E-state index < -0.39 is 23.9 Å². The van der Waals surface area contributed by atoms with Crippen molar-refractivity contribution in [1.82, 2.24) is 4.98 Å². The van der Waals surface area contributed by atoms with Crippen LogP contribution in [0.15, 0.2) is 12.3 Å². The Kier molecular flexibility index (Phi) is 5.15. The maximum Gasteiger partial charge on any atom is 0.368 e. The minimum absolute atomic E-state index is 0.107. The first-order valence-electron chi connectivity index (χ1n) is 5.59. The quantitative estimate of drug-likeness (QED) is 0.607. The Labute approximate surface area is 114 Å². The lowest BCUT2D eigenvalue weighted by molar-refractivity contribution is -0.139. The van der Waals surface area contributed by atoms with E-state index in [1.807, 2.05) is 0 Å². The van der Waals surface area contributed by atoms with Gasteiger partial charge in [0.25, 0.3) is 0 Å². The Morgan fingerprint density at radius 2 is 2.00 bits per heavy atom. The zero-order chi connectivity index (χ0) is 15.3. The molecule has 1 heterocycles. The smallest absolute Gasteiger partial charge is 0.368 e. The van der Waals surface area contributed by atoms with Crippen LogP contribution in [-0.4, -0.2) is 36.0 Å². The molecule has 0 unspecified atom stereocenters.